The number of rotatable bonds is 11. The number of aldehydes is 1. The van der Waals surface area contributed by atoms with Crippen LogP contribution in [-0.2, 0) is 18.5 Å². The van der Waals surface area contributed by atoms with Crippen LogP contribution in [0.25, 0.3) is 0 Å². The van der Waals surface area contributed by atoms with E-state index in [1.807, 2.05) is 6.92 Å². The van der Waals surface area contributed by atoms with E-state index in [9.17, 15) is 9.59 Å². The number of carbonyl (C=O) groups is 2. The standard InChI is InChI=1S/C15H28O4S/c1-6-7-8-18-9-11(2)13(19-20)12(3)14(17)15(4,5)10-16/h10-13,20H,6-9H2,1-5H3/t11-,12+,13-/m0/s1. The molecule has 0 fully saturated rings. The van der Waals surface area contributed by atoms with Crippen LogP contribution in [0.3, 0.4) is 0 Å². The highest BCUT2D eigenvalue weighted by atomic mass is 32.1. The van der Waals surface area contributed by atoms with Gasteiger partial charge in [-0.15, -0.1) is 0 Å². The Morgan fingerprint density at radius 3 is 2.40 bits per heavy atom. The molecule has 0 radical (unpaired) electrons. The van der Waals surface area contributed by atoms with Crippen LogP contribution >= 0.6 is 12.9 Å². The molecule has 20 heavy (non-hydrogen) atoms. The van der Waals surface area contributed by atoms with Crippen LogP contribution in [0.15, 0.2) is 0 Å². The molecule has 0 aliphatic rings. The number of Topliss-reactive ketones (excluding diaryl/α,β-unsaturated/α-hetero) is 1. The van der Waals surface area contributed by atoms with Gasteiger partial charge < -0.3 is 13.7 Å². The average Bonchev–Trinajstić information content (AvgIpc) is 2.43. The Morgan fingerprint density at radius 2 is 1.95 bits per heavy atom. The maximum Gasteiger partial charge on any atom is 0.150 e. The molecule has 0 aliphatic carbocycles. The Hall–Kier alpha value is -0.390. The fourth-order valence-electron chi connectivity index (χ4n) is 2.09. The van der Waals surface area contributed by atoms with Gasteiger partial charge in [0.25, 0.3) is 0 Å². The Kier molecular flexibility index (Phi) is 9.34. The Labute approximate surface area is 128 Å². The first-order chi connectivity index (χ1) is 9.31. The van der Waals surface area contributed by atoms with Crippen molar-refractivity contribution >= 4 is 25.0 Å². The molecular weight excluding hydrogens is 276 g/mol. The molecular formula is C15H28O4S. The summed E-state index contributed by atoms with van der Waals surface area (Å²) in [7, 11) is 0. The number of hydrogen-bond acceptors (Lipinski definition) is 5. The summed E-state index contributed by atoms with van der Waals surface area (Å²) >= 11 is 3.88. The molecule has 0 unspecified atom stereocenters. The van der Waals surface area contributed by atoms with Gasteiger partial charge >= 0.3 is 0 Å². The van der Waals surface area contributed by atoms with E-state index in [0.717, 1.165) is 12.8 Å². The molecule has 0 amide bonds. The third-order valence-electron chi connectivity index (χ3n) is 3.54. The number of unbranched alkanes of at least 4 members (excludes halogenated alkanes) is 1. The lowest BCUT2D eigenvalue weighted by Crippen LogP contribution is -2.40. The summed E-state index contributed by atoms with van der Waals surface area (Å²) in [5, 5.41) is 0. The van der Waals surface area contributed by atoms with Crippen LogP contribution in [0.4, 0.5) is 0 Å². The molecule has 0 aromatic heterocycles. The smallest absolute Gasteiger partial charge is 0.150 e. The first-order valence-electron chi connectivity index (χ1n) is 7.20. The van der Waals surface area contributed by atoms with Crippen LogP contribution in [0.1, 0.15) is 47.5 Å². The minimum atomic E-state index is -0.993. The summed E-state index contributed by atoms with van der Waals surface area (Å²) in [4.78, 5) is 23.3. The summed E-state index contributed by atoms with van der Waals surface area (Å²) in [6, 6.07) is 0. The minimum Gasteiger partial charge on any atom is -0.381 e. The molecule has 0 saturated carbocycles. The molecule has 0 aromatic carbocycles. The molecule has 0 spiro atoms. The first kappa shape index (κ1) is 19.6. The molecule has 0 heterocycles. The summed E-state index contributed by atoms with van der Waals surface area (Å²) in [5.74, 6) is -0.504. The van der Waals surface area contributed by atoms with Gasteiger partial charge in [-0.3, -0.25) is 4.79 Å². The molecule has 118 valence electrons. The van der Waals surface area contributed by atoms with E-state index >= 15 is 0 Å². The van der Waals surface area contributed by atoms with Crippen LogP contribution in [0, 0.1) is 17.3 Å². The summed E-state index contributed by atoms with van der Waals surface area (Å²) in [5.41, 5.74) is -0.993. The fourth-order valence-corrected chi connectivity index (χ4v) is 2.48. The molecule has 5 heteroatoms. The van der Waals surface area contributed by atoms with Gasteiger partial charge in [0.15, 0.2) is 5.78 Å². The number of hydrogen-bond donors (Lipinski definition) is 1. The molecule has 4 nitrogen and oxygen atoms in total. The second-order valence-corrected chi connectivity index (χ2v) is 6.18. The largest absolute Gasteiger partial charge is 0.381 e. The van der Waals surface area contributed by atoms with Gasteiger partial charge in [-0.05, 0) is 33.2 Å². The van der Waals surface area contributed by atoms with Crippen molar-refractivity contribution in [1.29, 1.82) is 0 Å². The maximum absolute atomic E-state index is 12.3. The zero-order chi connectivity index (χ0) is 15.8. The van der Waals surface area contributed by atoms with Gasteiger partial charge in [-0.2, -0.15) is 0 Å². The quantitative estimate of drug-likeness (QED) is 0.209. The number of thiol groups is 1. The molecule has 0 rings (SSSR count). The molecule has 0 saturated heterocycles. The molecule has 0 bridgehead atoms. The van der Waals surface area contributed by atoms with Crippen LogP contribution < -0.4 is 0 Å². The Bertz CT molecular complexity index is 304. The molecule has 3 atom stereocenters. The van der Waals surface area contributed by atoms with Crippen molar-refractivity contribution in [1.82, 2.24) is 0 Å². The molecule has 0 aromatic rings. The van der Waals surface area contributed by atoms with E-state index in [0.29, 0.717) is 19.5 Å². The van der Waals surface area contributed by atoms with Crippen molar-refractivity contribution in [3.05, 3.63) is 0 Å². The Balaban J connectivity index is 4.57. The van der Waals surface area contributed by atoms with E-state index in [2.05, 4.69) is 19.8 Å². The van der Waals surface area contributed by atoms with Crippen LogP contribution in [0.5, 0.6) is 0 Å². The minimum absolute atomic E-state index is 0.0331. The first-order valence-corrected chi connectivity index (χ1v) is 7.56. The third-order valence-corrected chi connectivity index (χ3v) is 3.79. The zero-order valence-corrected chi connectivity index (χ0v) is 14.1. The topological polar surface area (TPSA) is 52.6 Å². The van der Waals surface area contributed by atoms with Crippen LogP contribution in [0.2, 0.25) is 0 Å². The van der Waals surface area contributed by atoms with Gasteiger partial charge in [0, 0.05) is 18.4 Å². The number of ether oxygens (including phenoxy) is 1. The Morgan fingerprint density at radius 1 is 1.35 bits per heavy atom. The third kappa shape index (κ3) is 5.94. The average molecular weight is 304 g/mol. The maximum atomic E-state index is 12.3. The van der Waals surface area contributed by atoms with Gasteiger partial charge in [0.2, 0.25) is 0 Å². The monoisotopic (exact) mass is 304 g/mol. The highest BCUT2D eigenvalue weighted by molar-refractivity contribution is 7.75. The summed E-state index contributed by atoms with van der Waals surface area (Å²) in [6.45, 7) is 10.3. The van der Waals surface area contributed by atoms with E-state index < -0.39 is 11.3 Å². The van der Waals surface area contributed by atoms with Crippen molar-refractivity contribution in [2.75, 3.05) is 13.2 Å². The normalized spacial score (nSPS) is 16.5. The van der Waals surface area contributed by atoms with Crippen LogP contribution in [-0.4, -0.2) is 31.4 Å². The van der Waals surface area contributed by atoms with Gasteiger partial charge in [-0.25, -0.2) is 0 Å². The summed E-state index contributed by atoms with van der Waals surface area (Å²) in [6.07, 6.45) is 2.42. The fraction of sp³-hybridized carbons (Fsp3) is 0.867. The second-order valence-electron chi connectivity index (χ2n) is 5.97. The summed E-state index contributed by atoms with van der Waals surface area (Å²) < 4.78 is 10.7. The van der Waals surface area contributed by atoms with E-state index in [4.69, 9.17) is 8.92 Å². The van der Waals surface area contributed by atoms with Crippen molar-refractivity contribution in [2.45, 2.75) is 53.6 Å². The molecule has 0 aliphatic heterocycles. The van der Waals surface area contributed by atoms with Gasteiger partial charge in [-0.1, -0.05) is 27.2 Å². The van der Waals surface area contributed by atoms with E-state index in [1.54, 1.807) is 20.8 Å². The van der Waals surface area contributed by atoms with Crippen molar-refractivity contribution in [3.63, 3.8) is 0 Å². The van der Waals surface area contributed by atoms with E-state index in [-0.39, 0.29) is 17.8 Å². The lowest BCUT2D eigenvalue weighted by Gasteiger charge is -2.30. The van der Waals surface area contributed by atoms with Crippen molar-refractivity contribution in [2.24, 2.45) is 17.3 Å². The zero-order valence-electron chi connectivity index (χ0n) is 13.2. The van der Waals surface area contributed by atoms with E-state index in [1.165, 1.54) is 0 Å². The number of carbonyl (C=O) groups excluding carboxylic acids is 2. The molecule has 0 N–H and O–H groups in total. The SMILES string of the molecule is CCCCOC[C@H](C)[C@H](OS)[C@@H](C)C(=O)C(C)(C)C=O. The second kappa shape index (κ2) is 9.53. The predicted molar refractivity (Wildman–Crippen MR) is 82.8 cm³/mol. The lowest BCUT2D eigenvalue weighted by atomic mass is 9.78. The van der Waals surface area contributed by atoms with Gasteiger partial charge in [0.1, 0.15) is 6.29 Å². The highest BCUT2D eigenvalue weighted by Crippen LogP contribution is 2.26. The van der Waals surface area contributed by atoms with Crippen molar-refractivity contribution in [3.8, 4) is 0 Å². The lowest BCUT2D eigenvalue weighted by molar-refractivity contribution is -0.138. The number of ketones is 1. The highest BCUT2D eigenvalue weighted by Gasteiger charge is 2.37. The van der Waals surface area contributed by atoms with Crippen molar-refractivity contribution < 1.29 is 18.5 Å². The predicted octanol–water partition coefficient (Wildman–Crippen LogP) is 3.10. The van der Waals surface area contributed by atoms with Gasteiger partial charge in [0.05, 0.1) is 18.1 Å².